The van der Waals surface area contributed by atoms with Crippen molar-refractivity contribution < 1.29 is 14.4 Å². The molecule has 0 fully saturated rings. The number of benzene rings is 1. The maximum atomic E-state index is 13.0. The fourth-order valence-electron chi connectivity index (χ4n) is 1.88. The summed E-state index contributed by atoms with van der Waals surface area (Å²) in [5, 5.41) is 27.2. The van der Waals surface area contributed by atoms with Gasteiger partial charge < -0.3 is 10.4 Å². The molecular formula is C13H15FN4O3. The highest BCUT2D eigenvalue weighted by Crippen LogP contribution is 2.15. The van der Waals surface area contributed by atoms with Gasteiger partial charge in [0, 0.05) is 12.2 Å². The molecule has 1 unspecified atom stereocenters. The van der Waals surface area contributed by atoms with E-state index >= 15 is 0 Å². The highest BCUT2D eigenvalue weighted by atomic mass is 19.1. The van der Waals surface area contributed by atoms with Gasteiger partial charge in [-0.3, -0.25) is 14.8 Å². The first-order chi connectivity index (χ1) is 9.95. The van der Waals surface area contributed by atoms with E-state index in [4.69, 9.17) is 0 Å². The van der Waals surface area contributed by atoms with E-state index in [9.17, 15) is 19.6 Å². The van der Waals surface area contributed by atoms with E-state index in [0.717, 1.165) is 17.4 Å². The molecule has 1 atom stereocenters. The largest absolute Gasteiger partial charge is 0.389 e. The van der Waals surface area contributed by atoms with Crippen LogP contribution in [0.5, 0.6) is 0 Å². The Morgan fingerprint density at radius 1 is 1.57 bits per heavy atom. The Balaban J connectivity index is 1.89. The van der Waals surface area contributed by atoms with Gasteiger partial charge in [-0.05, 0) is 30.7 Å². The summed E-state index contributed by atoms with van der Waals surface area (Å²) in [7, 11) is 0. The number of anilines is 1. The van der Waals surface area contributed by atoms with Crippen molar-refractivity contribution in [3.63, 3.8) is 0 Å². The van der Waals surface area contributed by atoms with Crippen molar-refractivity contribution in [3.8, 4) is 0 Å². The minimum atomic E-state index is -0.783. The number of hydrogen-bond donors (Lipinski definition) is 2. The van der Waals surface area contributed by atoms with E-state index < -0.39 is 11.0 Å². The molecule has 112 valence electrons. The van der Waals surface area contributed by atoms with Crippen LogP contribution in [0.3, 0.4) is 0 Å². The first-order valence-corrected chi connectivity index (χ1v) is 6.30. The van der Waals surface area contributed by atoms with Crippen LogP contribution in [0.1, 0.15) is 5.56 Å². The number of nitro groups is 1. The predicted octanol–water partition coefficient (Wildman–Crippen LogP) is 1.71. The maximum Gasteiger partial charge on any atom is 0.306 e. The lowest BCUT2D eigenvalue weighted by atomic mass is 10.2. The van der Waals surface area contributed by atoms with Gasteiger partial charge in [0.15, 0.2) is 0 Å². The SMILES string of the molecule is Cc1cc(F)ccc1NCC(O)Cn1cc([N+](=O)[O-])cn1. The van der Waals surface area contributed by atoms with Gasteiger partial charge in [-0.1, -0.05) is 0 Å². The molecule has 2 aromatic rings. The van der Waals surface area contributed by atoms with Crippen molar-refractivity contribution >= 4 is 11.4 Å². The molecule has 0 amide bonds. The van der Waals surface area contributed by atoms with Crippen molar-refractivity contribution in [3.05, 3.63) is 52.1 Å². The molecule has 0 saturated heterocycles. The Morgan fingerprint density at radius 3 is 2.95 bits per heavy atom. The van der Waals surface area contributed by atoms with Gasteiger partial charge in [0.2, 0.25) is 0 Å². The molecule has 0 aliphatic heterocycles. The molecular weight excluding hydrogens is 279 g/mol. The van der Waals surface area contributed by atoms with E-state index in [1.807, 2.05) is 0 Å². The van der Waals surface area contributed by atoms with Crippen molar-refractivity contribution in [2.45, 2.75) is 19.6 Å². The highest BCUT2D eigenvalue weighted by Gasteiger charge is 2.12. The molecule has 7 nitrogen and oxygen atoms in total. The van der Waals surface area contributed by atoms with Crippen LogP contribution in [0.25, 0.3) is 0 Å². The first-order valence-electron chi connectivity index (χ1n) is 6.30. The lowest BCUT2D eigenvalue weighted by molar-refractivity contribution is -0.385. The second-order valence-electron chi connectivity index (χ2n) is 4.67. The third-order valence-electron chi connectivity index (χ3n) is 2.94. The Hall–Kier alpha value is -2.48. The van der Waals surface area contributed by atoms with Crippen LogP contribution < -0.4 is 5.32 Å². The van der Waals surface area contributed by atoms with Crippen LogP contribution in [0.2, 0.25) is 0 Å². The molecule has 0 saturated carbocycles. The summed E-state index contributed by atoms with van der Waals surface area (Å²) >= 11 is 0. The van der Waals surface area contributed by atoms with E-state index in [0.29, 0.717) is 0 Å². The molecule has 0 spiro atoms. The number of halogens is 1. The average molecular weight is 294 g/mol. The van der Waals surface area contributed by atoms with Crippen LogP contribution >= 0.6 is 0 Å². The highest BCUT2D eigenvalue weighted by molar-refractivity contribution is 5.50. The zero-order valence-corrected chi connectivity index (χ0v) is 11.4. The zero-order valence-electron chi connectivity index (χ0n) is 11.4. The molecule has 1 heterocycles. The molecule has 1 aromatic heterocycles. The summed E-state index contributed by atoms with van der Waals surface area (Å²) < 4.78 is 14.3. The lowest BCUT2D eigenvalue weighted by Gasteiger charge is -2.14. The van der Waals surface area contributed by atoms with Crippen molar-refractivity contribution in [1.29, 1.82) is 0 Å². The van der Waals surface area contributed by atoms with Crippen LogP contribution in [-0.2, 0) is 6.54 Å². The second kappa shape index (κ2) is 6.31. The molecule has 0 bridgehead atoms. The van der Waals surface area contributed by atoms with Crippen LogP contribution in [0.15, 0.2) is 30.6 Å². The van der Waals surface area contributed by atoms with Crippen molar-refractivity contribution in [1.82, 2.24) is 9.78 Å². The third-order valence-corrected chi connectivity index (χ3v) is 2.94. The topological polar surface area (TPSA) is 93.2 Å². The fraction of sp³-hybridized carbons (Fsp3) is 0.308. The Kier molecular flexibility index (Phi) is 4.49. The second-order valence-corrected chi connectivity index (χ2v) is 4.67. The average Bonchev–Trinajstić information content (AvgIpc) is 2.86. The van der Waals surface area contributed by atoms with Crippen LogP contribution in [-0.4, -0.2) is 32.5 Å². The Morgan fingerprint density at radius 2 is 2.33 bits per heavy atom. The zero-order chi connectivity index (χ0) is 15.4. The van der Waals surface area contributed by atoms with Gasteiger partial charge in [0.1, 0.15) is 18.2 Å². The number of nitrogens with zero attached hydrogens (tertiary/aromatic N) is 3. The smallest absolute Gasteiger partial charge is 0.306 e. The number of aromatic nitrogens is 2. The summed E-state index contributed by atoms with van der Waals surface area (Å²) in [4.78, 5) is 9.98. The minimum Gasteiger partial charge on any atom is -0.389 e. The van der Waals surface area contributed by atoms with E-state index in [1.165, 1.54) is 23.0 Å². The summed E-state index contributed by atoms with van der Waals surface area (Å²) in [6.07, 6.45) is 1.60. The first kappa shape index (κ1) is 14.9. The molecule has 2 rings (SSSR count). The van der Waals surface area contributed by atoms with Crippen molar-refractivity contribution in [2.75, 3.05) is 11.9 Å². The van der Waals surface area contributed by atoms with E-state index in [-0.39, 0.29) is 24.6 Å². The summed E-state index contributed by atoms with van der Waals surface area (Å²) in [6, 6.07) is 4.32. The van der Waals surface area contributed by atoms with Crippen LogP contribution in [0.4, 0.5) is 15.8 Å². The molecule has 0 radical (unpaired) electrons. The van der Waals surface area contributed by atoms with Gasteiger partial charge in [-0.2, -0.15) is 5.10 Å². The predicted molar refractivity (Wildman–Crippen MR) is 74.5 cm³/mol. The molecule has 1 aromatic carbocycles. The molecule has 2 N–H and O–H groups in total. The van der Waals surface area contributed by atoms with Gasteiger partial charge in [-0.15, -0.1) is 0 Å². The van der Waals surface area contributed by atoms with E-state index in [1.54, 1.807) is 13.0 Å². The van der Waals surface area contributed by atoms with Crippen LogP contribution in [0, 0.1) is 22.9 Å². The third kappa shape index (κ3) is 3.99. The van der Waals surface area contributed by atoms with Crippen molar-refractivity contribution in [2.24, 2.45) is 0 Å². The quantitative estimate of drug-likeness (QED) is 0.625. The molecule has 0 aliphatic rings. The van der Waals surface area contributed by atoms with Gasteiger partial charge >= 0.3 is 5.69 Å². The van der Waals surface area contributed by atoms with Gasteiger partial charge in [-0.25, -0.2) is 4.39 Å². The monoisotopic (exact) mass is 294 g/mol. The number of aliphatic hydroxyl groups excluding tert-OH is 1. The lowest BCUT2D eigenvalue weighted by Crippen LogP contribution is -2.25. The standard InChI is InChI=1S/C13H15FN4O3/c1-9-4-10(14)2-3-13(9)15-6-12(19)8-17-7-11(5-16-17)18(20)21/h2-5,7,12,15,19H,6,8H2,1H3. The normalized spacial score (nSPS) is 12.1. The number of nitrogens with one attached hydrogen (secondary N) is 1. The van der Waals surface area contributed by atoms with Gasteiger partial charge in [0.05, 0.1) is 17.6 Å². The Bertz CT molecular complexity index is 644. The van der Waals surface area contributed by atoms with E-state index in [2.05, 4.69) is 10.4 Å². The minimum absolute atomic E-state index is 0.121. The molecule has 8 heteroatoms. The number of hydrogen-bond acceptors (Lipinski definition) is 5. The maximum absolute atomic E-state index is 13.0. The summed E-state index contributed by atoms with van der Waals surface area (Å²) in [5.41, 5.74) is 1.34. The number of aryl methyl sites for hydroxylation is 1. The summed E-state index contributed by atoms with van der Waals surface area (Å²) in [6.45, 7) is 2.11. The Labute approximate surface area is 120 Å². The summed E-state index contributed by atoms with van der Waals surface area (Å²) in [5.74, 6) is -0.317. The molecule has 0 aliphatic carbocycles. The van der Waals surface area contributed by atoms with Gasteiger partial charge in [0.25, 0.3) is 0 Å². The fourth-order valence-corrected chi connectivity index (χ4v) is 1.88. The number of rotatable bonds is 6. The molecule has 21 heavy (non-hydrogen) atoms. The number of aliphatic hydroxyl groups is 1.